The van der Waals surface area contributed by atoms with Crippen LogP contribution in [0, 0.1) is 6.92 Å². The predicted molar refractivity (Wildman–Crippen MR) is 110 cm³/mol. The van der Waals surface area contributed by atoms with E-state index in [1.807, 2.05) is 55.8 Å². The highest BCUT2D eigenvalue weighted by molar-refractivity contribution is 6.12. The molecule has 0 unspecified atom stereocenters. The van der Waals surface area contributed by atoms with Crippen molar-refractivity contribution in [3.05, 3.63) is 72.2 Å². The maximum Gasteiger partial charge on any atom is 0.256 e. The second-order valence-electron chi connectivity index (χ2n) is 6.98. The van der Waals surface area contributed by atoms with Gasteiger partial charge in [0, 0.05) is 29.7 Å². The number of rotatable bonds is 4. The van der Waals surface area contributed by atoms with E-state index in [0.29, 0.717) is 16.9 Å². The van der Waals surface area contributed by atoms with E-state index >= 15 is 0 Å². The molecule has 140 valence electrons. The average Bonchev–Trinajstić information content (AvgIpc) is 3.12. The Hall–Kier alpha value is -3.54. The molecule has 0 aliphatic rings. The summed E-state index contributed by atoms with van der Waals surface area (Å²) in [5.41, 5.74) is 4.80. The first kappa shape index (κ1) is 17.9. The number of nitrogens with zero attached hydrogens (tertiary/aromatic N) is 4. The number of carbonyl (C=O) groups is 1. The topological polar surface area (TPSA) is 72.7 Å². The number of pyridine rings is 2. The van der Waals surface area contributed by atoms with E-state index in [2.05, 4.69) is 15.4 Å². The van der Waals surface area contributed by atoms with Crippen molar-refractivity contribution in [1.29, 1.82) is 0 Å². The van der Waals surface area contributed by atoms with Crippen molar-refractivity contribution in [1.82, 2.24) is 19.7 Å². The minimum absolute atomic E-state index is 0.133. The summed E-state index contributed by atoms with van der Waals surface area (Å²) in [4.78, 5) is 21.9. The lowest BCUT2D eigenvalue weighted by atomic mass is 10.0. The number of carbonyl (C=O) groups excluding carboxylic acids is 1. The fourth-order valence-electron chi connectivity index (χ4n) is 3.22. The standard InChI is InChI=1S/C22H21N5O/c1-14(2)27-21-19(13-24-27)18(22(28)25-16-8-10-23-11-9-16)12-20(26-21)17-7-5-4-6-15(17)3/h4-14H,1-3H3,(H,23,25,28). The van der Waals surface area contributed by atoms with Gasteiger partial charge in [-0.3, -0.25) is 9.78 Å². The summed E-state index contributed by atoms with van der Waals surface area (Å²) >= 11 is 0. The van der Waals surface area contributed by atoms with Gasteiger partial charge in [0.2, 0.25) is 0 Å². The minimum atomic E-state index is -0.197. The van der Waals surface area contributed by atoms with Crippen molar-refractivity contribution in [3.8, 4) is 11.3 Å². The predicted octanol–water partition coefficient (Wildman–Crippen LogP) is 4.63. The number of hydrogen-bond acceptors (Lipinski definition) is 4. The molecular formula is C22H21N5O. The molecule has 0 aliphatic heterocycles. The van der Waals surface area contributed by atoms with Crippen LogP contribution in [-0.4, -0.2) is 25.7 Å². The van der Waals surface area contributed by atoms with Gasteiger partial charge in [-0.25, -0.2) is 9.67 Å². The van der Waals surface area contributed by atoms with E-state index in [1.165, 1.54) is 0 Å². The number of amides is 1. The van der Waals surface area contributed by atoms with Crippen molar-refractivity contribution < 1.29 is 4.79 Å². The lowest BCUT2D eigenvalue weighted by Crippen LogP contribution is -2.13. The van der Waals surface area contributed by atoms with Crippen molar-refractivity contribution in [2.24, 2.45) is 0 Å². The van der Waals surface area contributed by atoms with Crippen molar-refractivity contribution >= 4 is 22.6 Å². The largest absolute Gasteiger partial charge is 0.322 e. The Labute approximate surface area is 163 Å². The highest BCUT2D eigenvalue weighted by Gasteiger charge is 2.19. The quantitative estimate of drug-likeness (QED) is 0.567. The van der Waals surface area contributed by atoms with E-state index in [-0.39, 0.29) is 11.9 Å². The third-order valence-corrected chi connectivity index (χ3v) is 4.66. The van der Waals surface area contributed by atoms with Crippen LogP contribution < -0.4 is 5.32 Å². The zero-order valence-corrected chi connectivity index (χ0v) is 16.0. The number of aromatic nitrogens is 4. The molecule has 3 heterocycles. The van der Waals surface area contributed by atoms with Gasteiger partial charge in [0.15, 0.2) is 5.65 Å². The van der Waals surface area contributed by atoms with E-state index in [1.54, 1.807) is 30.7 Å². The molecule has 0 bridgehead atoms. The molecule has 1 amide bonds. The van der Waals surface area contributed by atoms with Gasteiger partial charge >= 0.3 is 0 Å². The highest BCUT2D eigenvalue weighted by Crippen LogP contribution is 2.28. The fourth-order valence-corrected chi connectivity index (χ4v) is 3.22. The Balaban J connectivity index is 1.89. The molecule has 0 saturated heterocycles. The number of benzene rings is 1. The molecule has 6 nitrogen and oxygen atoms in total. The van der Waals surface area contributed by atoms with Gasteiger partial charge < -0.3 is 5.32 Å². The number of hydrogen-bond donors (Lipinski definition) is 1. The maximum atomic E-state index is 13.1. The summed E-state index contributed by atoms with van der Waals surface area (Å²) in [6.45, 7) is 6.13. The lowest BCUT2D eigenvalue weighted by Gasteiger charge is -2.12. The molecule has 0 radical (unpaired) electrons. The molecule has 4 aromatic rings. The average molecular weight is 371 g/mol. The molecule has 0 atom stereocenters. The Morgan fingerprint density at radius 2 is 1.86 bits per heavy atom. The minimum Gasteiger partial charge on any atom is -0.322 e. The van der Waals surface area contributed by atoms with E-state index in [9.17, 15) is 4.79 Å². The zero-order chi connectivity index (χ0) is 19.7. The molecular weight excluding hydrogens is 350 g/mol. The Bertz CT molecular complexity index is 1150. The van der Waals surface area contributed by atoms with Gasteiger partial charge in [0.25, 0.3) is 5.91 Å². The third kappa shape index (κ3) is 3.24. The van der Waals surface area contributed by atoms with E-state index in [4.69, 9.17) is 4.98 Å². The number of nitrogens with one attached hydrogen (secondary N) is 1. The second-order valence-corrected chi connectivity index (χ2v) is 6.98. The van der Waals surface area contributed by atoms with Crippen LogP contribution in [0.25, 0.3) is 22.3 Å². The van der Waals surface area contributed by atoms with Crippen LogP contribution in [0.5, 0.6) is 0 Å². The van der Waals surface area contributed by atoms with Crippen LogP contribution in [0.15, 0.2) is 61.1 Å². The maximum absolute atomic E-state index is 13.1. The molecule has 0 fully saturated rings. The van der Waals surface area contributed by atoms with Gasteiger partial charge in [-0.05, 0) is 44.5 Å². The van der Waals surface area contributed by atoms with Gasteiger partial charge in [-0.2, -0.15) is 5.10 Å². The summed E-state index contributed by atoms with van der Waals surface area (Å²) in [5, 5.41) is 8.14. The van der Waals surface area contributed by atoms with Crippen molar-refractivity contribution in [2.75, 3.05) is 5.32 Å². The van der Waals surface area contributed by atoms with E-state index < -0.39 is 0 Å². The molecule has 28 heavy (non-hydrogen) atoms. The molecule has 0 spiro atoms. The monoisotopic (exact) mass is 371 g/mol. The Morgan fingerprint density at radius 3 is 2.57 bits per heavy atom. The van der Waals surface area contributed by atoms with Crippen LogP contribution in [-0.2, 0) is 0 Å². The Kier molecular flexibility index (Phi) is 4.61. The van der Waals surface area contributed by atoms with E-state index in [0.717, 1.165) is 22.2 Å². The molecule has 1 N–H and O–H groups in total. The molecule has 3 aromatic heterocycles. The lowest BCUT2D eigenvalue weighted by molar-refractivity contribution is 0.102. The number of aryl methyl sites for hydroxylation is 1. The van der Waals surface area contributed by atoms with Gasteiger partial charge in [0.1, 0.15) is 0 Å². The number of fused-ring (bicyclic) bond motifs is 1. The van der Waals surface area contributed by atoms with Crippen LogP contribution in [0.3, 0.4) is 0 Å². The van der Waals surface area contributed by atoms with Crippen molar-refractivity contribution in [2.45, 2.75) is 26.8 Å². The SMILES string of the molecule is Cc1ccccc1-c1cc(C(=O)Nc2ccncc2)c2cnn(C(C)C)c2n1. The molecule has 0 aliphatic carbocycles. The summed E-state index contributed by atoms with van der Waals surface area (Å²) in [5.74, 6) is -0.197. The van der Waals surface area contributed by atoms with Gasteiger partial charge in [0.05, 0.1) is 22.8 Å². The molecule has 6 heteroatoms. The van der Waals surface area contributed by atoms with Crippen LogP contribution in [0.1, 0.15) is 35.8 Å². The summed E-state index contributed by atoms with van der Waals surface area (Å²) in [6.07, 6.45) is 5.01. The fraction of sp³-hybridized carbons (Fsp3) is 0.182. The summed E-state index contributed by atoms with van der Waals surface area (Å²) in [7, 11) is 0. The van der Waals surface area contributed by atoms with Crippen LogP contribution in [0.2, 0.25) is 0 Å². The molecule has 0 saturated carbocycles. The normalized spacial score (nSPS) is 11.1. The summed E-state index contributed by atoms with van der Waals surface area (Å²) in [6, 6.07) is 13.5. The smallest absolute Gasteiger partial charge is 0.256 e. The Morgan fingerprint density at radius 1 is 1.11 bits per heavy atom. The van der Waals surface area contributed by atoms with Gasteiger partial charge in [-0.1, -0.05) is 24.3 Å². The second kappa shape index (κ2) is 7.23. The summed E-state index contributed by atoms with van der Waals surface area (Å²) < 4.78 is 1.85. The first-order valence-electron chi connectivity index (χ1n) is 9.20. The zero-order valence-electron chi connectivity index (χ0n) is 16.0. The van der Waals surface area contributed by atoms with Crippen molar-refractivity contribution in [3.63, 3.8) is 0 Å². The highest BCUT2D eigenvalue weighted by atomic mass is 16.1. The third-order valence-electron chi connectivity index (χ3n) is 4.66. The first-order valence-corrected chi connectivity index (χ1v) is 9.20. The van der Waals surface area contributed by atoms with Crippen LogP contribution in [0.4, 0.5) is 5.69 Å². The molecule has 4 rings (SSSR count). The first-order chi connectivity index (χ1) is 13.5. The number of anilines is 1. The van der Waals surface area contributed by atoms with Crippen LogP contribution >= 0.6 is 0 Å². The molecule has 1 aromatic carbocycles. The van der Waals surface area contributed by atoms with Gasteiger partial charge in [-0.15, -0.1) is 0 Å².